The fraction of sp³-hybridized carbons (Fsp3) is 0.884. The number of rotatable bonds is 5. The van der Waals surface area contributed by atoms with Gasteiger partial charge in [0.15, 0.2) is 0 Å². The highest BCUT2D eigenvalue weighted by molar-refractivity contribution is 5.93. The van der Waals surface area contributed by atoms with Gasteiger partial charge >= 0.3 is 0 Å². The Bertz CT molecular complexity index is 1410. The number of allylic oxidation sites excluding steroid dienone is 4. The molecule has 0 aromatic carbocycles. The molecule has 4 nitrogen and oxygen atoms in total. The molecular formula is C43H62N4. The van der Waals surface area contributed by atoms with Crippen LogP contribution in [0.5, 0.6) is 0 Å². The molecule has 7 saturated carbocycles. The van der Waals surface area contributed by atoms with E-state index in [-0.39, 0.29) is 0 Å². The third-order valence-corrected chi connectivity index (χ3v) is 19.1. The molecule has 0 radical (unpaired) electrons. The van der Waals surface area contributed by atoms with E-state index in [2.05, 4.69) is 67.9 Å². The number of hydrogen-bond donors (Lipinski definition) is 3. The van der Waals surface area contributed by atoms with E-state index in [1.807, 2.05) is 0 Å². The molecule has 254 valence electrons. The predicted octanol–water partition coefficient (Wildman–Crippen LogP) is 6.73. The fourth-order valence-electron chi connectivity index (χ4n) is 17.8. The molecule has 23 atom stereocenters. The smallest absolute Gasteiger partial charge is 0.0511 e. The molecule has 3 N–H and O–H groups in total. The number of nitrogens with one attached hydrogen (secondary N) is 3. The Labute approximate surface area is 284 Å². The van der Waals surface area contributed by atoms with Gasteiger partial charge in [0.05, 0.1) is 6.04 Å². The summed E-state index contributed by atoms with van der Waals surface area (Å²) < 4.78 is 0. The van der Waals surface area contributed by atoms with Crippen LogP contribution in [-0.4, -0.2) is 48.0 Å². The van der Waals surface area contributed by atoms with Gasteiger partial charge in [-0.2, -0.15) is 0 Å². The molecule has 10 fully saturated rings. The number of nitrogens with zero attached hydrogens (tertiary/aromatic N) is 1. The van der Waals surface area contributed by atoms with Crippen molar-refractivity contribution >= 4 is 5.71 Å². The number of aliphatic imine (C=N–C) groups is 1. The second-order valence-electron chi connectivity index (χ2n) is 20.2. The summed E-state index contributed by atoms with van der Waals surface area (Å²) >= 11 is 0. The fourth-order valence-corrected chi connectivity index (χ4v) is 17.8. The first-order valence-electron chi connectivity index (χ1n) is 21.2. The zero-order valence-corrected chi connectivity index (χ0v) is 29.6. The maximum Gasteiger partial charge on any atom is 0.0511 e. The Balaban J connectivity index is 1.04. The van der Waals surface area contributed by atoms with Gasteiger partial charge in [0.25, 0.3) is 0 Å². The monoisotopic (exact) mass is 634 g/mol. The Morgan fingerprint density at radius 2 is 1.11 bits per heavy atom. The molecule has 3 saturated heterocycles. The summed E-state index contributed by atoms with van der Waals surface area (Å²) in [5.74, 6) is 14.9. The second-order valence-corrected chi connectivity index (χ2v) is 20.2. The zero-order chi connectivity index (χ0) is 31.0. The molecule has 14 rings (SSSR count). The van der Waals surface area contributed by atoms with E-state index in [1.165, 1.54) is 57.8 Å². The van der Waals surface area contributed by atoms with Crippen molar-refractivity contribution < 1.29 is 0 Å². The van der Waals surface area contributed by atoms with Crippen molar-refractivity contribution in [3.63, 3.8) is 0 Å². The number of hydrogen-bond acceptors (Lipinski definition) is 4. The predicted molar refractivity (Wildman–Crippen MR) is 189 cm³/mol. The van der Waals surface area contributed by atoms with Crippen LogP contribution in [0.3, 0.4) is 0 Å². The van der Waals surface area contributed by atoms with E-state index in [0.29, 0.717) is 60.0 Å². The molecule has 6 bridgehead atoms. The van der Waals surface area contributed by atoms with Crippen LogP contribution in [0.1, 0.15) is 85.5 Å². The molecule has 0 amide bonds. The van der Waals surface area contributed by atoms with Gasteiger partial charge in [-0.1, -0.05) is 24.3 Å². The quantitative estimate of drug-likeness (QED) is 0.294. The lowest BCUT2D eigenvalue weighted by Crippen LogP contribution is -2.63. The molecule has 0 aromatic rings. The lowest BCUT2D eigenvalue weighted by molar-refractivity contribution is -0.0993. The van der Waals surface area contributed by atoms with E-state index in [0.717, 1.165) is 88.8 Å². The Hall–Kier alpha value is -0.970. The molecule has 4 heteroatoms. The standard InChI is InChI=1S/C43H62N4/c1-18-30-22-5-9-24(10-6-22)34(30)40(44-18)38(41-35-25-11-7-23(8-12-25)31(35)19(2)45-41)39(43-37-29-16-15-28(29)33(37)21(4)47-43)42-36-27-14-13-26(17-27)32(36)20(3)46-42/h5,9,13-14,18-41,43-45,47H,6-8,10-12,15-17H2,1-4H3. The molecule has 4 aliphatic heterocycles. The van der Waals surface area contributed by atoms with Crippen LogP contribution >= 0.6 is 0 Å². The van der Waals surface area contributed by atoms with Gasteiger partial charge in [0.1, 0.15) is 0 Å². The van der Waals surface area contributed by atoms with E-state index in [4.69, 9.17) is 4.99 Å². The Morgan fingerprint density at radius 3 is 1.83 bits per heavy atom. The minimum atomic E-state index is 0.497. The van der Waals surface area contributed by atoms with E-state index >= 15 is 0 Å². The SMILES string of the molecule is CC1N=C(C(C2NC(C)C3C4CCC4C23)C(C2NC(C)C3C4C=CC(CC4)C23)C2NC(C)C3C4CCC(CC4)C23)C2C3C=CC(C3)C12. The first kappa shape index (κ1) is 28.7. The van der Waals surface area contributed by atoms with Gasteiger partial charge in [0, 0.05) is 53.8 Å². The van der Waals surface area contributed by atoms with Gasteiger partial charge < -0.3 is 16.0 Å². The average Bonchev–Trinajstić information content (AvgIpc) is 3.92. The Morgan fingerprint density at radius 1 is 0.532 bits per heavy atom. The topological polar surface area (TPSA) is 48.5 Å². The van der Waals surface area contributed by atoms with Crippen molar-refractivity contribution in [3.05, 3.63) is 24.3 Å². The van der Waals surface area contributed by atoms with Gasteiger partial charge in [-0.3, -0.25) is 4.99 Å². The van der Waals surface area contributed by atoms with Crippen LogP contribution in [0.2, 0.25) is 0 Å². The van der Waals surface area contributed by atoms with Gasteiger partial charge in [-0.25, -0.2) is 0 Å². The van der Waals surface area contributed by atoms with Crippen LogP contribution in [0.4, 0.5) is 0 Å². The van der Waals surface area contributed by atoms with E-state index in [1.54, 1.807) is 5.71 Å². The summed E-state index contributed by atoms with van der Waals surface area (Å²) in [5, 5.41) is 13.7. The lowest BCUT2D eigenvalue weighted by atomic mass is 9.44. The molecule has 14 aliphatic rings. The highest BCUT2D eigenvalue weighted by Crippen LogP contribution is 2.67. The Kier molecular flexibility index (Phi) is 6.03. The molecule has 47 heavy (non-hydrogen) atoms. The maximum absolute atomic E-state index is 6.00. The van der Waals surface area contributed by atoms with Crippen LogP contribution in [0, 0.1) is 107 Å². The van der Waals surface area contributed by atoms with Crippen molar-refractivity contribution in [2.24, 2.45) is 112 Å². The van der Waals surface area contributed by atoms with Gasteiger partial charge in [0.2, 0.25) is 0 Å². The lowest BCUT2D eigenvalue weighted by Gasteiger charge is -2.60. The first-order valence-corrected chi connectivity index (χ1v) is 21.2. The van der Waals surface area contributed by atoms with Crippen LogP contribution < -0.4 is 16.0 Å². The molecule has 0 aromatic heterocycles. The summed E-state index contributed by atoms with van der Waals surface area (Å²) in [7, 11) is 0. The molecular weight excluding hydrogens is 573 g/mol. The highest BCUT2D eigenvalue weighted by Gasteiger charge is 2.69. The van der Waals surface area contributed by atoms with E-state index in [9.17, 15) is 0 Å². The molecule has 4 heterocycles. The van der Waals surface area contributed by atoms with Crippen LogP contribution in [0.25, 0.3) is 0 Å². The van der Waals surface area contributed by atoms with Crippen molar-refractivity contribution in [3.8, 4) is 0 Å². The first-order chi connectivity index (χ1) is 23.0. The van der Waals surface area contributed by atoms with Gasteiger partial charge in [-0.05, 0) is 180 Å². The second kappa shape index (κ2) is 9.87. The molecule has 0 spiro atoms. The van der Waals surface area contributed by atoms with Crippen molar-refractivity contribution in [1.82, 2.24) is 16.0 Å². The van der Waals surface area contributed by atoms with Gasteiger partial charge in [-0.15, -0.1) is 0 Å². The summed E-state index contributed by atoms with van der Waals surface area (Å²) in [6.45, 7) is 10.3. The van der Waals surface area contributed by atoms with Crippen LogP contribution in [0.15, 0.2) is 29.3 Å². The highest BCUT2D eigenvalue weighted by atomic mass is 15.1. The molecule has 23 unspecified atom stereocenters. The minimum Gasteiger partial charge on any atom is -0.311 e. The summed E-state index contributed by atoms with van der Waals surface area (Å²) in [6.07, 6.45) is 24.0. The largest absolute Gasteiger partial charge is 0.311 e. The normalized spacial score (nSPS) is 64.0. The summed E-state index contributed by atoms with van der Waals surface area (Å²) in [5.41, 5.74) is 1.74. The zero-order valence-electron chi connectivity index (χ0n) is 29.6. The van der Waals surface area contributed by atoms with E-state index < -0.39 is 0 Å². The summed E-state index contributed by atoms with van der Waals surface area (Å²) in [6, 6.07) is 4.35. The maximum atomic E-state index is 6.00. The van der Waals surface area contributed by atoms with Crippen LogP contribution in [-0.2, 0) is 0 Å². The average molecular weight is 635 g/mol. The molecule has 10 aliphatic carbocycles. The van der Waals surface area contributed by atoms with Crippen molar-refractivity contribution in [2.45, 2.75) is 128 Å². The third kappa shape index (κ3) is 3.56. The van der Waals surface area contributed by atoms with Crippen molar-refractivity contribution in [1.29, 1.82) is 0 Å². The minimum absolute atomic E-state index is 0.497. The van der Waals surface area contributed by atoms with Crippen molar-refractivity contribution in [2.75, 3.05) is 0 Å². The third-order valence-electron chi connectivity index (χ3n) is 19.1. The summed E-state index contributed by atoms with van der Waals surface area (Å²) in [4.78, 5) is 6.00. The number of fused-ring (bicyclic) bond motifs is 12.